The van der Waals surface area contributed by atoms with Gasteiger partial charge in [-0.15, -0.1) is 0 Å². The summed E-state index contributed by atoms with van der Waals surface area (Å²) in [6.45, 7) is 0. The first-order valence-electron chi connectivity index (χ1n) is 12.2. The average Bonchev–Trinajstić information content (AvgIpc) is 2.90. The van der Waals surface area contributed by atoms with Gasteiger partial charge in [-0.2, -0.15) is 0 Å². The minimum absolute atomic E-state index is 0.353. The van der Waals surface area contributed by atoms with Crippen molar-refractivity contribution in [2.24, 2.45) is 5.92 Å². The van der Waals surface area contributed by atoms with Gasteiger partial charge in [-0.3, -0.25) is 0 Å². The molecule has 0 aliphatic heterocycles. The molecule has 0 amide bonds. The van der Waals surface area contributed by atoms with Gasteiger partial charge in [0, 0.05) is 0 Å². The van der Waals surface area contributed by atoms with Crippen molar-refractivity contribution < 1.29 is 0 Å². The van der Waals surface area contributed by atoms with Crippen LogP contribution in [0.4, 0.5) is 0 Å². The van der Waals surface area contributed by atoms with Crippen LogP contribution in [0.3, 0.4) is 0 Å². The fourth-order valence-electron chi connectivity index (χ4n) is 5.26. The standard InChI is InChI=1S/C31H32P2/c1-5-16-27(17-6-1)32(28-18-7-2-8-19-28)25-26-15-13-14-24-31(26)33(29-20-9-3-10-21-29)30-22-11-4-12-23-30/h1-12,16-23,26,31H,13-15,24-25H2/t26-,31-/m1/s1. The zero-order valence-electron chi connectivity index (χ0n) is 19.1. The molecule has 2 heteroatoms. The third-order valence-electron chi connectivity index (χ3n) is 6.82. The molecule has 0 aromatic heterocycles. The Bertz CT molecular complexity index is 1020. The van der Waals surface area contributed by atoms with Crippen LogP contribution >= 0.6 is 15.8 Å². The molecule has 0 spiro atoms. The van der Waals surface area contributed by atoms with Gasteiger partial charge in [-0.25, -0.2) is 0 Å². The van der Waals surface area contributed by atoms with Crippen LogP contribution in [0, 0.1) is 5.92 Å². The third kappa shape index (κ3) is 5.46. The Kier molecular flexibility index (Phi) is 7.68. The molecular weight excluding hydrogens is 434 g/mol. The maximum atomic E-state index is 2.38. The minimum atomic E-state index is -0.366. The Morgan fingerprint density at radius 3 is 1.33 bits per heavy atom. The van der Waals surface area contributed by atoms with Gasteiger partial charge in [-0.1, -0.05) is 134 Å². The van der Waals surface area contributed by atoms with Gasteiger partial charge in [0.2, 0.25) is 0 Å². The predicted octanol–water partition coefficient (Wildman–Crippen LogP) is 6.81. The first-order valence-corrected chi connectivity index (χ1v) is 15.1. The van der Waals surface area contributed by atoms with E-state index in [1.165, 1.54) is 42.5 Å². The van der Waals surface area contributed by atoms with Gasteiger partial charge >= 0.3 is 0 Å². The Labute approximate surface area is 201 Å². The van der Waals surface area contributed by atoms with E-state index in [2.05, 4.69) is 121 Å². The van der Waals surface area contributed by atoms with E-state index in [-0.39, 0.29) is 15.8 Å². The molecule has 2 atom stereocenters. The Morgan fingerprint density at radius 1 is 0.485 bits per heavy atom. The fourth-order valence-corrected chi connectivity index (χ4v) is 11.3. The fraction of sp³-hybridized carbons (Fsp3) is 0.226. The molecule has 0 unspecified atom stereocenters. The lowest BCUT2D eigenvalue weighted by Crippen LogP contribution is -2.34. The van der Waals surface area contributed by atoms with E-state index in [1.54, 1.807) is 10.6 Å². The van der Waals surface area contributed by atoms with E-state index < -0.39 is 0 Å². The summed E-state index contributed by atoms with van der Waals surface area (Å²) in [4.78, 5) is 0. The maximum absolute atomic E-state index is 2.38. The topological polar surface area (TPSA) is 0 Å². The summed E-state index contributed by atoms with van der Waals surface area (Å²) in [6, 6.07) is 45.3. The Morgan fingerprint density at radius 2 is 0.879 bits per heavy atom. The second-order valence-corrected chi connectivity index (χ2v) is 13.6. The molecule has 0 heterocycles. The van der Waals surface area contributed by atoms with Crippen LogP contribution in [-0.2, 0) is 0 Å². The maximum Gasteiger partial charge on any atom is -0.00969 e. The average molecular weight is 467 g/mol. The quantitative estimate of drug-likeness (QED) is 0.263. The summed E-state index contributed by atoms with van der Waals surface area (Å²) in [7, 11) is -0.719. The predicted molar refractivity (Wildman–Crippen MR) is 149 cm³/mol. The summed E-state index contributed by atoms with van der Waals surface area (Å²) >= 11 is 0. The molecule has 1 saturated carbocycles. The van der Waals surface area contributed by atoms with E-state index >= 15 is 0 Å². The second kappa shape index (κ2) is 11.2. The lowest BCUT2D eigenvalue weighted by atomic mass is 9.90. The SMILES string of the molecule is c1ccc(P(C[C@H]2CCCC[C@H]2P(c2ccccc2)c2ccccc2)c2ccccc2)cc1. The monoisotopic (exact) mass is 466 g/mol. The van der Waals surface area contributed by atoms with Crippen molar-refractivity contribution in [2.45, 2.75) is 31.3 Å². The molecule has 4 aromatic rings. The highest BCUT2D eigenvalue weighted by atomic mass is 31.1. The summed E-state index contributed by atoms with van der Waals surface area (Å²) < 4.78 is 0. The van der Waals surface area contributed by atoms with Crippen molar-refractivity contribution in [2.75, 3.05) is 6.16 Å². The minimum Gasteiger partial charge on any atom is -0.0622 e. The molecule has 0 bridgehead atoms. The van der Waals surface area contributed by atoms with Crippen molar-refractivity contribution in [1.82, 2.24) is 0 Å². The van der Waals surface area contributed by atoms with E-state index in [4.69, 9.17) is 0 Å². The largest absolute Gasteiger partial charge is 0.0622 e. The zero-order valence-corrected chi connectivity index (χ0v) is 20.9. The van der Waals surface area contributed by atoms with Crippen molar-refractivity contribution >= 4 is 37.1 Å². The van der Waals surface area contributed by atoms with E-state index in [1.807, 2.05) is 0 Å². The first kappa shape index (κ1) is 22.5. The van der Waals surface area contributed by atoms with Crippen LogP contribution in [0.5, 0.6) is 0 Å². The summed E-state index contributed by atoms with van der Waals surface area (Å²) in [5.41, 5.74) is 0.746. The lowest BCUT2D eigenvalue weighted by Gasteiger charge is -2.40. The van der Waals surface area contributed by atoms with Gasteiger partial charge in [0.05, 0.1) is 0 Å². The summed E-state index contributed by atoms with van der Waals surface area (Å²) in [5, 5.41) is 6.12. The van der Waals surface area contributed by atoms with Crippen molar-refractivity contribution in [3.05, 3.63) is 121 Å². The van der Waals surface area contributed by atoms with E-state index in [0.29, 0.717) is 0 Å². The van der Waals surface area contributed by atoms with Gasteiger partial charge < -0.3 is 0 Å². The molecule has 1 fully saturated rings. The van der Waals surface area contributed by atoms with Gasteiger partial charge in [-0.05, 0) is 67.6 Å². The van der Waals surface area contributed by atoms with Crippen LogP contribution < -0.4 is 21.2 Å². The highest BCUT2D eigenvalue weighted by Gasteiger charge is 2.35. The lowest BCUT2D eigenvalue weighted by molar-refractivity contribution is 0.399. The summed E-state index contributed by atoms with van der Waals surface area (Å²) in [5.74, 6) is 0.761. The van der Waals surface area contributed by atoms with Crippen molar-refractivity contribution in [3.63, 3.8) is 0 Å². The van der Waals surface area contributed by atoms with E-state index in [0.717, 1.165) is 11.6 Å². The number of hydrogen-bond donors (Lipinski definition) is 0. The van der Waals surface area contributed by atoms with Crippen LogP contribution in [-0.4, -0.2) is 11.8 Å². The van der Waals surface area contributed by atoms with E-state index in [9.17, 15) is 0 Å². The molecule has 166 valence electrons. The van der Waals surface area contributed by atoms with Gasteiger partial charge in [0.15, 0.2) is 0 Å². The molecule has 4 aromatic carbocycles. The zero-order chi connectivity index (χ0) is 22.3. The molecular formula is C31H32P2. The van der Waals surface area contributed by atoms with Crippen LogP contribution in [0.15, 0.2) is 121 Å². The third-order valence-corrected chi connectivity index (χ3v) is 12.6. The molecule has 5 rings (SSSR count). The Balaban J connectivity index is 1.52. The van der Waals surface area contributed by atoms with Crippen LogP contribution in [0.1, 0.15) is 25.7 Å². The number of benzene rings is 4. The van der Waals surface area contributed by atoms with Gasteiger partial charge in [0.25, 0.3) is 0 Å². The highest BCUT2D eigenvalue weighted by Crippen LogP contribution is 2.52. The smallest absolute Gasteiger partial charge is 0.00969 e. The molecule has 0 saturated heterocycles. The number of hydrogen-bond acceptors (Lipinski definition) is 0. The molecule has 33 heavy (non-hydrogen) atoms. The molecule has 0 radical (unpaired) electrons. The summed E-state index contributed by atoms with van der Waals surface area (Å²) in [6.07, 6.45) is 6.76. The first-order chi connectivity index (χ1) is 16.4. The normalized spacial score (nSPS) is 18.5. The molecule has 1 aliphatic carbocycles. The highest BCUT2D eigenvalue weighted by molar-refractivity contribution is 7.74. The molecule has 0 nitrogen and oxygen atoms in total. The number of rotatable bonds is 7. The van der Waals surface area contributed by atoms with Gasteiger partial charge in [0.1, 0.15) is 0 Å². The van der Waals surface area contributed by atoms with Crippen molar-refractivity contribution in [3.8, 4) is 0 Å². The second-order valence-electron chi connectivity index (χ2n) is 8.93. The molecule has 0 N–H and O–H groups in total. The Hall–Kier alpha value is -2.26. The van der Waals surface area contributed by atoms with Crippen molar-refractivity contribution in [1.29, 1.82) is 0 Å². The molecule has 1 aliphatic rings. The van der Waals surface area contributed by atoms with Crippen LogP contribution in [0.25, 0.3) is 0 Å². The van der Waals surface area contributed by atoms with Crippen LogP contribution in [0.2, 0.25) is 0 Å².